The fraction of sp³-hybridized carbons (Fsp3) is 0.733. The van der Waals surface area contributed by atoms with E-state index in [2.05, 4.69) is 10.3 Å². The van der Waals surface area contributed by atoms with Crippen molar-refractivity contribution in [1.29, 1.82) is 0 Å². The van der Waals surface area contributed by atoms with Gasteiger partial charge >= 0.3 is 0 Å². The molecular weight excluding hydrogens is 288 g/mol. The number of aliphatic hydroxyl groups is 1. The van der Waals surface area contributed by atoms with Crippen LogP contribution in [0.1, 0.15) is 60.6 Å². The summed E-state index contributed by atoms with van der Waals surface area (Å²) in [5, 5.41) is 13.0. The SMILES string of the molecule is COC(C)c1nc(C)c(C(=O)NC(CCO)C(C)(C)C)s1. The Kier molecular flexibility index (Phi) is 6.31. The summed E-state index contributed by atoms with van der Waals surface area (Å²) in [6, 6.07) is -0.0835. The van der Waals surface area contributed by atoms with Gasteiger partial charge in [0.15, 0.2) is 0 Å². The number of rotatable bonds is 6. The van der Waals surface area contributed by atoms with Crippen LogP contribution in [-0.2, 0) is 4.74 Å². The van der Waals surface area contributed by atoms with E-state index in [1.54, 1.807) is 7.11 Å². The minimum Gasteiger partial charge on any atom is -0.396 e. The predicted octanol–water partition coefficient (Wildman–Crippen LogP) is 2.69. The highest BCUT2D eigenvalue weighted by molar-refractivity contribution is 7.13. The molecule has 1 heterocycles. The smallest absolute Gasteiger partial charge is 0.263 e. The van der Waals surface area contributed by atoms with Crippen molar-refractivity contribution in [2.24, 2.45) is 5.41 Å². The molecule has 0 aliphatic rings. The molecule has 6 heteroatoms. The van der Waals surface area contributed by atoms with Crippen molar-refractivity contribution in [1.82, 2.24) is 10.3 Å². The lowest BCUT2D eigenvalue weighted by Gasteiger charge is -2.31. The number of aryl methyl sites for hydroxylation is 1. The number of ether oxygens (including phenoxy) is 1. The molecule has 0 aromatic carbocycles. The van der Waals surface area contributed by atoms with E-state index in [0.29, 0.717) is 17.0 Å². The highest BCUT2D eigenvalue weighted by atomic mass is 32.1. The van der Waals surface area contributed by atoms with Gasteiger partial charge in [0.1, 0.15) is 16.0 Å². The lowest BCUT2D eigenvalue weighted by Crippen LogP contribution is -2.44. The van der Waals surface area contributed by atoms with Crippen LogP contribution in [0.3, 0.4) is 0 Å². The van der Waals surface area contributed by atoms with Crippen LogP contribution < -0.4 is 5.32 Å². The summed E-state index contributed by atoms with van der Waals surface area (Å²) >= 11 is 1.36. The first-order valence-electron chi connectivity index (χ1n) is 7.12. The van der Waals surface area contributed by atoms with E-state index >= 15 is 0 Å². The fourth-order valence-electron chi connectivity index (χ4n) is 1.98. The van der Waals surface area contributed by atoms with Gasteiger partial charge in [-0.1, -0.05) is 20.8 Å². The Hall–Kier alpha value is -0.980. The summed E-state index contributed by atoms with van der Waals surface area (Å²) in [4.78, 5) is 17.5. The monoisotopic (exact) mass is 314 g/mol. The molecule has 0 saturated heterocycles. The first kappa shape index (κ1) is 18.1. The van der Waals surface area contributed by atoms with E-state index in [1.165, 1.54) is 11.3 Å². The summed E-state index contributed by atoms with van der Waals surface area (Å²) in [5.41, 5.74) is 0.604. The first-order valence-corrected chi connectivity index (χ1v) is 7.94. The number of methoxy groups -OCH3 is 1. The molecular formula is C15H26N2O3S. The second kappa shape index (κ2) is 7.33. The van der Waals surface area contributed by atoms with Gasteiger partial charge in [0, 0.05) is 19.8 Å². The van der Waals surface area contributed by atoms with Gasteiger partial charge in [-0.25, -0.2) is 4.98 Å². The summed E-state index contributed by atoms with van der Waals surface area (Å²) in [6.07, 6.45) is 0.417. The van der Waals surface area contributed by atoms with Crippen molar-refractivity contribution in [2.45, 2.75) is 53.2 Å². The number of hydrogen-bond donors (Lipinski definition) is 2. The molecule has 0 fully saturated rings. The number of amides is 1. The molecule has 0 aliphatic carbocycles. The van der Waals surface area contributed by atoms with Gasteiger partial charge in [-0.3, -0.25) is 4.79 Å². The van der Waals surface area contributed by atoms with Crippen molar-refractivity contribution in [3.05, 3.63) is 15.6 Å². The number of carbonyl (C=O) groups is 1. The average molecular weight is 314 g/mol. The zero-order valence-corrected chi connectivity index (χ0v) is 14.5. The van der Waals surface area contributed by atoms with Crippen LogP contribution in [0.4, 0.5) is 0 Å². The van der Waals surface area contributed by atoms with Gasteiger partial charge in [-0.2, -0.15) is 0 Å². The zero-order chi connectivity index (χ0) is 16.2. The maximum atomic E-state index is 12.5. The Morgan fingerprint density at radius 3 is 2.57 bits per heavy atom. The molecule has 0 spiro atoms. The van der Waals surface area contributed by atoms with E-state index in [1.807, 2.05) is 34.6 Å². The third kappa shape index (κ3) is 4.76. The van der Waals surface area contributed by atoms with E-state index in [9.17, 15) is 4.79 Å². The molecule has 1 amide bonds. The summed E-state index contributed by atoms with van der Waals surface area (Å²) < 4.78 is 5.24. The topological polar surface area (TPSA) is 71.5 Å². The third-order valence-corrected chi connectivity index (χ3v) is 4.81. The lowest BCUT2D eigenvalue weighted by atomic mass is 9.85. The molecule has 2 unspecified atom stereocenters. The Morgan fingerprint density at radius 1 is 1.48 bits per heavy atom. The van der Waals surface area contributed by atoms with Crippen molar-refractivity contribution < 1.29 is 14.6 Å². The minimum absolute atomic E-state index is 0.0514. The zero-order valence-electron chi connectivity index (χ0n) is 13.7. The van der Waals surface area contributed by atoms with E-state index in [-0.39, 0.29) is 30.1 Å². The summed E-state index contributed by atoms with van der Waals surface area (Å²) in [5.74, 6) is -0.132. The highest BCUT2D eigenvalue weighted by Crippen LogP contribution is 2.27. The molecule has 1 aromatic rings. The van der Waals surface area contributed by atoms with Gasteiger partial charge in [-0.05, 0) is 25.7 Å². The first-order chi connectivity index (χ1) is 9.70. The Labute approximate surface area is 130 Å². The average Bonchev–Trinajstić information content (AvgIpc) is 2.78. The largest absolute Gasteiger partial charge is 0.396 e. The standard InChI is InChI=1S/C15H26N2O3S/c1-9-12(21-14(16-9)10(2)20-6)13(19)17-11(7-8-18)15(3,4)5/h10-11,18H,7-8H2,1-6H3,(H,17,19). The molecule has 0 aliphatic heterocycles. The van der Waals surface area contributed by atoms with Gasteiger partial charge in [0.25, 0.3) is 5.91 Å². The van der Waals surface area contributed by atoms with Crippen LogP contribution in [-0.4, -0.2) is 35.8 Å². The Balaban J connectivity index is 2.90. The molecule has 1 aromatic heterocycles. The summed E-state index contributed by atoms with van der Waals surface area (Å²) in [6.45, 7) is 9.93. The molecule has 2 atom stereocenters. The van der Waals surface area contributed by atoms with Crippen LogP contribution in [0.25, 0.3) is 0 Å². The molecule has 0 radical (unpaired) electrons. The van der Waals surface area contributed by atoms with Gasteiger partial charge in [0.2, 0.25) is 0 Å². The number of nitrogens with one attached hydrogen (secondary N) is 1. The van der Waals surface area contributed by atoms with Crippen LogP contribution >= 0.6 is 11.3 Å². The summed E-state index contributed by atoms with van der Waals surface area (Å²) in [7, 11) is 1.62. The second-order valence-electron chi connectivity index (χ2n) is 6.25. The number of aliphatic hydroxyl groups excluding tert-OH is 1. The number of hydrogen-bond acceptors (Lipinski definition) is 5. The normalized spacial score (nSPS) is 14.8. The van der Waals surface area contributed by atoms with Crippen molar-refractivity contribution >= 4 is 17.2 Å². The molecule has 0 bridgehead atoms. The van der Waals surface area contributed by atoms with E-state index in [4.69, 9.17) is 9.84 Å². The Bertz CT molecular complexity index is 480. The van der Waals surface area contributed by atoms with Crippen LogP contribution in [0.5, 0.6) is 0 Å². The Morgan fingerprint density at radius 2 is 2.10 bits per heavy atom. The van der Waals surface area contributed by atoms with E-state index in [0.717, 1.165) is 5.01 Å². The number of thiazole rings is 1. The predicted molar refractivity (Wildman–Crippen MR) is 84.7 cm³/mol. The lowest BCUT2D eigenvalue weighted by molar-refractivity contribution is 0.0888. The number of aromatic nitrogens is 1. The van der Waals surface area contributed by atoms with Crippen LogP contribution in [0.15, 0.2) is 0 Å². The number of carbonyl (C=O) groups excluding carboxylic acids is 1. The van der Waals surface area contributed by atoms with Crippen molar-refractivity contribution in [3.63, 3.8) is 0 Å². The van der Waals surface area contributed by atoms with Gasteiger partial charge < -0.3 is 15.2 Å². The van der Waals surface area contributed by atoms with Crippen molar-refractivity contribution in [2.75, 3.05) is 13.7 Å². The number of nitrogens with zero attached hydrogens (tertiary/aromatic N) is 1. The van der Waals surface area contributed by atoms with Crippen LogP contribution in [0, 0.1) is 12.3 Å². The van der Waals surface area contributed by atoms with E-state index < -0.39 is 0 Å². The molecule has 21 heavy (non-hydrogen) atoms. The quantitative estimate of drug-likeness (QED) is 0.847. The van der Waals surface area contributed by atoms with Crippen molar-refractivity contribution in [3.8, 4) is 0 Å². The van der Waals surface area contributed by atoms with Gasteiger partial charge in [-0.15, -0.1) is 11.3 Å². The highest BCUT2D eigenvalue weighted by Gasteiger charge is 2.27. The molecule has 2 N–H and O–H groups in total. The second-order valence-corrected chi connectivity index (χ2v) is 7.28. The van der Waals surface area contributed by atoms with Gasteiger partial charge in [0.05, 0.1) is 5.69 Å². The minimum atomic E-state index is -0.132. The fourth-order valence-corrected chi connectivity index (χ4v) is 2.98. The molecule has 120 valence electrons. The maximum Gasteiger partial charge on any atom is 0.263 e. The van der Waals surface area contributed by atoms with Crippen LogP contribution in [0.2, 0.25) is 0 Å². The third-order valence-electron chi connectivity index (χ3n) is 3.49. The molecule has 0 saturated carbocycles. The molecule has 5 nitrogen and oxygen atoms in total. The maximum absolute atomic E-state index is 12.5. The molecule has 1 rings (SSSR count).